The number of benzene rings is 2. The molecule has 0 aliphatic carbocycles. The predicted octanol–water partition coefficient (Wildman–Crippen LogP) is 2.35. The number of carbonyl (C=O) groups excluding carboxylic acids is 3. The Labute approximate surface area is 181 Å². The summed E-state index contributed by atoms with van der Waals surface area (Å²) >= 11 is 0. The second-order valence-corrected chi connectivity index (χ2v) is 7.29. The number of rotatable bonds is 9. The Morgan fingerprint density at radius 3 is 2.29 bits per heavy atom. The van der Waals surface area contributed by atoms with Gasteiger partial charge in [-0.3, -0.25) is 9.59 Å². The van der Waals surface area contributed by atoms with E-state index in [1.807, 2.05) is 30.3 Å². The first kappa shape index (κ1) is 22.1. The van der Waals surface area contributed by atoms with Crippen molar-refractivity contribution >= 4 is 29.2 Å². The second kappa shape index (κ2) is 11.0. The first-order valence-corrected chi connectivity index (χ1v) is 10.3. The summed E-state index contributed by atoms with van der Waals surface area (Å²) in [5.74, 6) is -1.06. The smallest absolute Gasteiger partial charge is 0.328 e. The Bertz CT molecular complexity index is 880. The topological polar surface area (TPSA) is 97.0 Å². The highest BCUT2D eigenvalue weighted by Gasteiger charge is 2.19. The molecule has 0 bridgehead atoms. The zero-order valence-electron chi connectivity index (χ0n) is 17.5. The maximum absolute atomic E-state index is 12.1. The van der Waals surface area contributed by atoms with Crippen LogP contribution in [0.3, 0.4) is 0 Å². The number of anilines is 2. The molecule has 0 saturated carbocycles. The number of ether oxygens (including phenoxy) is 2. The van der Waals surface area contributed by atoms with Crippen LogP contribution >= 0.6 is 0 Å². The van der Waals surface area contributed by atoms with Crippen molar-refractivity contribution in [1.82, 2.24) is 5.32 Å². The average Bonchev–Trinajstić information content (AvgIpc) is 3.32. The maximum Gasteiger partial charge on any atom is 0.328 e. The van der Waals surface area contributed by atoms with Crippen molar-refractivity contribution in [2.75, 3.05) is 36.5 Å². The van der Waals surface area contributed by atoms with Gasteiger partial charge in [-0.1, -0.05) is 18.2 Å². The highest BCUT2D eigenvalue weighted by Crippen LogP contribution is 2.22. The van der Waals surface area contributed by atoms with Gasteiger partial charge in [0, 0.05) is 24.5 Å². The zero-order valence-corrected chi connectivity index (χ0v) is 17.5. The van der Waals surface area contributed by atoms with Gasteiger partial charge in [-0.15, -0.1) is 0 Å². The van der Waals surface area contributed by atoms with Gasteiger partial charge in [0.15, 0.2) is 13.2 Å². The predicted molar refractivity (Wildman–Crippen MR) is 117 cm³/mol. The van der Waals surface area contributed by atoms with Crippen LogP contribution in [0.25, 0.3) is 0 Å². The number of nitrogens with one attached hydrogen (secondary N) is 2. The Balaban J connectivity index is 1.36. The molecular formula is C23H27N3O5. The molecule has 8 heteroatoms. The van der Waals surface area contributed by atoms with Crippen LogP contribution < -0.4 is 20.3 Å². The maximum atomic E-state index is 12.1. The quantitative estimate of drug-likeness (QED) is 0.599. The van der Waals surface area contributed by atoms with Crippen LogP contribution in [-0.2, 0) is 19.1 Å². The summed E-state index contributed by atoms with van der Waals surface area (Å²) in [4.78, 5) is 38.3. The third kappa shape index (κ3) is 7.02. The fourth-order valence-electron chi connectivity index (χ4n) is 3.20. The molecule has 2 N–H and O–H groups in total. The van der Waals surface area contributed by atoms with Gasteiger partial charge in [0.25, 0.3) is 11.8 Å². The molecule has 0 unspecified atom stereocenters. The Morgan fingerprint density at radius 1 is 0.935 bits per heavy atom. The van der Waals surface area contributed by atoms with Crippen molar-refractivity contribution in [3.05, 3.63) is 54.6 Å². The SMILES string of the molecule is C[C@H](NC(=O)COc1ccccc1)C(=O)OCC(=O)Nc1ccc(N2CCCC2)cc1. The van der Waals surface area contributed by atoms with Crippen molar-refractivity contribution in [2.45, 2.75) is 25.8 Å². The lowest BCUT2D eigenvalue weighted by molar-refractivity contribution is -0.150. The van der Waals surface area contributed by atoms with Crippen LogP contribution in [0.1, 0.15) is 19.8 Å². The summed E-state index contributed by atoms with van der Waals surface area (Å²) in [6.07, 6.45) is 2.39. The highest BCUT2D eigenvalue weighted by molar-refractivity contribution is 5.93. The lowest BCUT2D eigenvalue weighted by atomic mass is 10.2. The number of carbonyl (C=O) groups is 3. The van der Waals surface area contributed by atoms with E-state index in [2.05, 4.69) is 15.5 Å². The van der Waals surface area contributed by atoms with E-state index in [0.717, 1.165) is 18.8 Å². The summed E-state index contributed by atoms with van der Waals surface area (Å²) < 4.78 is 10.3. The van der Waals surface area contributed by atoms with Crippen molar-refractivity contribution in [2.24, 2.45) is 0 Å². The minimum atomic E-state index is -0.903. The molecular weight excluding hydrogens is 398 g/mol. The number of para-hydroxylation sites is 1. The van der Waals surface area contributed by atoms with Crippen LogP contribution in [-0.4, -0.2) is 50.1 Å². The first-order valence-electron chi connectivity index (χ1n) is 10.3. The molecule has 1 atom stereocenters. The zero-order chi connectivity index (χ0) is 22.1. The monoisotopic (exact) mass is 425 g/mol. The second-order valence-electron chi connectivity index (χ2n) is 7.29. The summed E-state index contributed by atoms with van der Waals surface area (Å²) in [6.45, 7) is 2.92. The molecule has 3 rings (SSSR count). The van der Waals surface area contributed by atoms with Gasteiger partial charge in [0.2, 0.25) is 0 Å². The van der Waals surface area contributed by atoms with Crippen molar-refractivity contribution in [1.29, 1.82) is 0 Å². The van der Waals surface area contributed by atoms with Gasteiger partial charge in [0.05, 0.1) is 0 Å². The van der Waals surface area contributed by atoms with E-state index in [9.17, 15) is 14.4 Å². The standard InChI is InChI=1S/C23H27N3O5/c1-17(24-21(27)15-30-20-7-3-2-4-8-20)23(29)31-16-22(28)25-18-9-11-19(12-10-18)26-13-5-6-14-26/h2-4,7-12,17H,5-6,13-16H2,1H3,(H,24,27)(H,25,28)/t17-/m0/s1. The third-order valence-electron chi connectivity index (χ3n) is 4.81. The molecule has 0 spiro atoms. The fraction of sp³-hybridized carbons (Fsp3) is 0.348. The van der Waals surface area contributed by atoms with Gasteiger partial charge in [-0.25, -0.2) is 4.79 Å². The van der Waals surface area contributed by atoms with Gasteiger partial charge >= 0.3 is 5.97 Å². The molecule has 2 amide bonds. The largest absolute Gasteiger partial charge is 0.484 e. The summed E-state index contributed by atoms with van der Waals surface area (Å²) in [7, 11) is 0. The molecule has 31 heavy (non-hydrogen) atoms. The molecule has 1 aliphatic rings. The number of esters is 1. The van der Waals surface area contributed by atoms with Crippen LogP contribution in [0.4, 0.5) is 11.4 Å². The molecule has 1 fully saturated rings. The van der Waals surface area contributed by atoms with Gasteiger partial charge in [0.1, 0.15) is 11.8 Å². The van der Waals surface area contributed by atoms with E-state index in [4.69, 9.17) is 9.47 Å². The van der Waals surface area contributed by atoms with E-state index in [0.29, 0.717) is 11.4 Å². The molecule has 1 heterocycles. The van der Waals surface area contributed by atoms with Crippen LogP contribution in [0.5, 0.6) is 5.75 Å². The lowest BCUT2D eigenvalue weighted by Gasteiger charge is -2.18. The van der Waals surface area contributed by atoms with E-state index in [1.165, 1.54) is 19.8 Å². The Kier molecular flexibility index (Phi) is 7.86. The molecule has 1 saturated heterocycles. The van der Waals surface area contributed by atoms with Crippen LogP contribution in [0, 0.1) is 0 Å². The van der Waals surface area contributed by atoms with Gasteiger partial charge in [-0.2, -0.15) is 0 Å². The molecule has 2 aromatic carbocycles. The number of nitrogens with zero attached hydrogens (tertiary/aromatic N) is 1. The Hall–Kier alpha value is -3.55. The molecule has 2 aromatic rings. The summed E-state index contributed by atoms with van der Waals surface area (Å²) in [6, 6.07) is 15.5. The number of hydrogen-bond acceptors (Lipinski definition) is 6. The minimum absolute atomic E-state index is 0.227. The summed E-state index contributed by atoms with van der Waals surface area (Å²) in [5.41, 5.74) is 1.76. The Morgan fingerprint density at radius 2 is 1.61 bits per heavy atom. The fourth-order valence-corrected chi connectivity index (χ4v) is 3.20. The molecule has 164 valence electrons. The van der Waals surface area contributed by atoms with Crippen LogP contribution in [0.15, 0.2) is 54.6 Å². The lowest BCUT2D eigenvalue weighted by Crippen LogP contribution is -2.42. The van der Waals surface area contributed by atoms with Gasteiger partial charge in [-0.05, 0) is 56.2 Å². The van der Waals surface area contributed by atoms with Gasteiger partial charge < -0.3 is 25.0 Å². The first-order chi connectivity index (χ1) is 15.0. The average molecular weight is 425 g/mol. The third-order valence-corrected chi connectivity index (χ3v) is 4.81. The minimum Gasteiger partial charge on any atom is -0.484 e. The van der Waals surface area contributed by atoms with E-state index >= 15 is 0 Å². The number of amides is 2. The van der Waals surface area contributed by atoms with Crippen LogP contribution in [0.2, 0.25) is 0 Å². The molecule has 8 nitrogen and oxygen atoms in total. The molecule has 0 aromatic heterocycles. The van der Waals surface area contributed by atoms with E-state index in [-0.39, 0.29) is 6.61 Å². The van der Waals surface area contributed by atoms with E-state index in [1.54, 1.807) is 24.3 Å². The van der Waals surface area contributed by atoms with Crippen molar-refractivity contribution < 1.29 is 23.9 Å². The number of hydrogen-bond donors (Lipinski definition) is 2. The van der Waals surface area contributed by atoms with E-state index < -0.39 is 30.4 Å². The molecule has 0 radical (unpaired) electrons. The molecule has 1 aliphatic heterocycles. The summed E-state index contributed by atoms with van der Waals surface area (Å²) in [5, 5.41) is 5.17. The highest BCUT2D eigenvalue weighted by atomic mass is 16.5. The normalized spacial score (nSPS) is 13.9. The van der Waals surface area contributed by atoms with Crippen molar-refractivity contribution in [3.63, 3.8) is 0 Å². The van der Waals surface area contributed by atoms with Crippen molar-refractivity contribution in [3.8, 4) is 5.75 Å².